The van der Waals surface area contributed by atoms with Gasteiger partial charge >= 0.3 is 0 Å². The molecular weight excluding hydrogens is 288 g/mol. The fraction of sp³-hybridized carbons (Fsp3) is 0.211. The van der Waals surface area contributed by atoms with E-state index in [1.165, 1.54) is 51.4 Å². The highest BCUT2D eigenvalue weighted by molar-refractivity contribution is 8.21. The molecule has 0 amide bonds. The Bertz CT molecular complexity index is 859. The highest BCUT2D eigenvalue weighted by Crippen LogP contribution is 2.48. The normalized spacial score (nSPS) is 22.0. The van der Waals surface area contributed by atoms with E-state index in [2.05, 4.69) is 52.7 Å². The Kier molecular flexibility index (Phi) is 2.71. The van der Waals surface area contributed by atoms with Gasteiger partial charge in [-0.1, -0.05) is 53.1 Å². The van der Waals surface area contributed by atoms with E-state index in [1.807, 2.05) is 0 Å². The zero-order valence-electron chi connectivity index (χ0n) is 12.4. The maximum atomic E-state index is 6.48. The maximum Gasteiger partial charge on any atom is 0.0272 e. The molecule has 2 N–H and O–H groups in total. The predicted octanol–water partition coefficient (Wildman–Crippen LogP) is 3.23. The van der Waals surface area contributed by atoms with E-state index in [9.17, 15) is 0 Å². The third-order valence-electron chi connectivity index (χ3n) is 4.78. The van der Waals surface area contributed by atoms with Crippen LogP contribution in [0.3, 0.4) is 0 Å². The number of rotatable bonds is 2. The van der Waals surface area contributed by atoms with Crippen LogP contribution in [0.4, 0.5) is 0 Å². The van der Waals surface area contributed by atoms with Gasteiger partial charge in [-0.25, -0.2) is 0 Å². The van der Waals surface area contributed by atoms with E-state index in [4.69, 9.17) is 5.14 Å². The molecule has 2 nitrogen and oxygen atoms in total. The summed E-state index contributed by atoms with van der Waals surface area (Å²) in [4.78, 5) is 3.83. The van der Waals surface area contributed by atoms with Crippen molar-refractivity contribution in [2.75, 3.05) is 13.1 Å². The first-order valence-electron chi connectivity index (χ1n) is 7.79. The molecule has 0 radical (unpaired) electrons. The fourth-order valence-electron chi connectivity index (χ4n) is 3.59. The Morgan fingerprint density at radius 3 is 2.77 bits per heavy atom. The Balaban J connectivity index is 1.61. The Hall–Kier alpha value is -1.68. The number of fused-ring (bicyclic) bond motifs is 4. The zero-order valence-corrected chi connectivity index (χ0v) is 13.2. The number of nitrogens with two attached hydrogens (primary N) is 1. The summed E-state index contributed by atoms with van der Waals surface area (Å²) < 4.78 is 0. The minimum Gasteiger partial charge on any atom is -0.297 e. The van der Waals surface area contributed by atoms with Crippen LogP contribution in [-0.4, -0.2) is 23.4 Å². The van der Waals surface area contributed by atoms with Gasteiger partial charge in [-0.05, 0) is 45.2 Å². The quantitative estimate of drug-likeness (QED) is 0.682. The number of benzene rings is 2. The molecule has 1 aliphatic carbocycles. The number of nitrogens with zero attached hydrogens (tertiary/aromatic N) is 1. The molecule has 0 saturated carbocycles. The first-order valence-corrected chi connectivity index (χ1v) is 9.14. The molecule has 1 unspecified atom stereocenters. The largest absolute Gasteiger partial charge is 0.297 e. The standard InChI is InChI=1S/C19H18N2S/c20-22-12-14-3-1-2-4-16(14)18-10-15-9-13(11-21-7-8-21)5-6-17(15)19(18)22/h1-6,9,12H,7-8,10-11,20H2. The summed E-state index contributed by atoms with van der Waals surface area (Å²) in [6.07, 6.45) is 1.03. The lowest BCUT2D eigenvalue weighted by atomic mass is 9.98. The van der Waals surface area contributed by atoms with Crippen LogP contribution in [0.25, 0.3) is 10.5 Å². The summed E-state index contributed by atoms with van der Waals surface area (Å²) >= 11 is 0. The summed E-state index contributed by atoms with van der Waals surface area (Å²) in [7, 11) is -0.279. The van der Waals surface area contributed by atoms with Gasteiger partial charge in [0, 0.05) is 24.5 Å². The summed E-state index contributed by atoms with van der Waals surface area (Å²) in [5, 5.41) is 8.71. The average Bonchev–Trinajstić information content (AvgIpc) is 3.24. The molecule has 2 aromatic rings. The molecule has 3 aliphatic rings. The second-order valence-electron chi connectivity index (χ2n) is 6.33. The third-order valence-corrected chi connectivity index (χ3v) is 6.22. The molecule has 2 heterocycles. The molecule has 2 aromatic carbocycles. The molecule has 3 heteroatoms. The van der Waals surface area contributed by atoms with Crippen LogP contribution in [0.5, 0.6) is 0 Å². The second-order valence-corrected chi connectivity index (χ2v) is 7.72. The van der Waals surface area contributed by atoms with Crippen LogP contribution in [0.15, 0.2) is 42.5 Å². The van der Waals surface area contributed by atoms with Crippen LogP contribution in [0, 0.1) is 0 Å². The lowest BCUT2D eigenvalue weighted by Crippen LogP contribution is -2.02. The zero-order chi connectivity index (χ0) is 14.7. The van der Waals surface area contributed by atoms with E-state index >= 15 is 0 Å². The molecule has 0 bridgehead atoms. The lowest BCUT2D eigenvalue weighted by Gasteiger charge is -2.18. The summed E-state index contributed by atoms with van der Waals surface area (Å²) in [6, 6.07) is 15.6. The summed E-state index contributed by atoms with van der Waals surface area (Å²) in [6.45, 7) is 3.59. The van der Waals surface area contributed by atoms with Crippen molar-refractivity contribution in [1.82, 2.24) is 4.90 Å². The minimum atomic E-state index is -0.279. The Morgan fingerprint density at radius 2 is 1.91 bits per heavy atom. The molecular formula is C19H18N2S. The first kappa shape index (κ1) is 12.8. The highest BCUT2D eigenvalue weighted by atomic mass is 32.2. The van der Waals surface area contributed by atoms with Crippen LogP contribution >= 0.6 is 10.7 Å². The Morgan fingerprint density at radius 1 is 1.05 bits per heavy atom. The molecule has 2 aliphatic heterocycles. The smallest absolute Gasteiger partial charge is 0.0272 e. The topological polar surface area (TPSA) is 29.0 Å². The van der Waals surface area contributed by atoms with Crippen LogP contribution in [-0.2, 0) is 13.0 Å². The molecule has 5 rings (SSSR count). The third kappa shape index (κ3) is 1.93. The van der Waals surface area contributed by atoms with Crippen LogP contribution in [0.2, 0.25) is 0 Å². The summed E-state index contributed by atoms with van der Waals surface area (Å²) in [5.41, 5.74) is 8.38. The van der Waals surface area contributed by atoms with Crippen molar-refractivity contribution in [2.45, 2.75) is 13.0 Å². The van der Waals surface area contributed by atoms with E-state index in [0.29, 0.717) is 0 Å². The lowest BCUT2D eigenvalue weighted by molar-refractivity contribution is 0.556. The van der Waals surface area contributed by atoms with Gasteiger partial charge in [-0.15, -0.1) is 0 Å². The van der Waals surface area contributed by atoms with Gasteiger partial charge in [0.1, 0.15) is 0 Å². The predicted molar refractivity (Wildman–Crippen MR) is 95.6 cm³/mol. The van der Waals surface area contributed by atoms with E-state index in [-0.39, 0.29) is 10.7 Å². The molecule has 110 valence electrons. The van der Waals surface area contributed by atoms with E-state index in [1.54, 1.807) is 0 Å². The first-order chi connectivity index (χ1) is 10.8. The van der Waals surface area contributed by atoms with Crippen molar-refractivity contribution in [3.05, 3.63) is 70.3 Å². The van der Waals surface area contributed by atoms with Gasteiger partial charge in [-0.2, -0.15) is 0 Å². The average molecular weight is 306 g/mol. The molecule has 1 saturated heterocycles. The van der Waals surface area contributed by atoms with Crippen molar-refractivity contribution >= 4 is 26.5 Å². The maximum absolute atomic E-state index is 6.48. The Labute approximate surface area is 133 Å². The molecule has 1 atom stereocenters. The number of allylic oxidation sites excluding steroid dienone is 1. The van der Waals surface area contributed by atoms with Crippen LogP contribution < -0.4 is 5.14 Å². The second kappa shape index (κ2) is 4.66. The highest BCUT2D eigenvalue weighted by Gasteiger charge is 2.28. The number of hydrogen-bond donors (Lipinski definition) is 1. The van der Waals surface area contributed by atoms with Crippen molar-refractivity contribution in [1.29, 1.82) is 0 Å². The van der Waals surface area contributed by atoms with E-state index < -0.39 is 0 Å². The fourth-order valence-corrected chi connectivity index (χ4v) is 5.11. The van der Waals surface area contributed by atoms with Crippen molar-refractivity contribution in [3.8, 4) is 0 Å². The van der Waals surface area contributed by atoms with Gasteiger partial charge < -0.3 is 0 Å². The van der Waals surface area contributed by atoms with Crippen molar-refractivity contribution in [3.63, 3.8) is 0 Å². The van der Waals surface area contributed by atoms with Crippen LogP contribution in [0.1, 0.15) is 27.8 Å². The van der Waals surface area contributed by atoms with Gasteiger partial charge in [0.2, 0.25) is 0 Å². The van der Waals surface area contributed by atoms with E-state index in [0.717, 1.165) is 13.0 Å². The van der Waals surface area contributed by atoms with Gasteiger partial charge in [0.05, 0.1) is 0 Å². The molecule has 0 aromatic heterocycles. The molecule has 1 fully saturated rings. The minimum absolute atomic E-state index is 0.279. The molecule has 22 heavy (non-hydrogen) atoms. The van der Waals surface area contributed by atoms with Crippen molar-refractivity contribution in [2.24, 2.45) is 5.14 Å². The summed E-state index contributed by atoms with van der Waals surface area (Å²) in [5.74, 6) is 0. The van der Waals surface area contributed by atoms with Crippen molar-refractivity contribution < 1.29 is 0 Å². The molecule has 0 spiro atoms. The SMILES string of the molecule is NS1=Cc2ccccc2C2=C1c1ccc(CN3CC3)cc1C2. The monoisotopic (exact) mass is 306 g/mol. The van der Waals surface area contributed by atoms with Gasteiger partial charge in [0.15, 0.2) is 0 Å². The van der Waals surface area contributed by atoms with Gasteiger partial charge in [-0.3, -0.25) is 10.0 Å². The number of hydrogen-bond acceptors (Lipinski definition) is 2. The van der Waals surface area contributed by atoms with Gasteiger partial charge in [0.25, 0.3) is 0 Å².